The highest BCUT2D eigenvalue weighted by Gasteiger charge is 2.13. The van der Waals surface area contributed by atoms with Crippen LogP contribution >= 0.6 is 0 Å². The van der Waals surface area contributed by atoms with Gasteiger partial charge in [-0.15, -0.1) is 0 Å². The van der Waals surface area contributed by atoms with Gasteiger partial charge in [0.25, 0.3) is 0 Å². The van der Waals surface area contributed by atoms with Crippen molar-refractivity contribution in [1.29, 1.82) is 0 Å². The van der Waals surface area contributed by atoms with Crippen LogP contribution in [0.4, 0.5) is 15.3 Å². The van der Waals surface area contributed by atoms with Gasteiger partial charge in [-0.05, 0) is 36.4 Å². The Kier molecular flexibility index (Phi) is 5.57. The van der Waals surface area contributed by atoms with Crippen molar-refractivity contribution in [2.24, 2.45) is 0 Å². The van der Waals surface area contributed by atoms with E-state index in [2.05, 4.69) is 5.32 Å². The van der Waals surface area contributed by atoms with Gasteiger partial charge < -0.3 is 14.2 Å². The average Bonchev–Trinajstić information content (AvgIpc) is 2.76. The third kappa shape index (κ3) is 4.56. The Hall–Kier alpha value is -4.32. The summed E-state index contributed by atoms with van der Waals surface area (Å²) in [4.78, 5) is 24.4. The number of carbonyl (C=O) groups is 2. The second-order valence-electron chi connectivity index (χ2n) is 6.25. The second-order valence-corrected chi connectivity index (χ2v) is 6.25. The molecule has 0 aliphatic carbocycles. The molecule has 0 radical (unpaired) electrons. The summed E-state index contributed by atoms with van der Waals surface area (Å²) < 4.78 is 15.8. The summed E-state index contributed by atoms with van der Waals surface area (Å²) in [5.74, 6) is 1.13. The second kappa shape index (κ2) is 8.79. The van der Waals surface area contributed by atoms with E-state index < -0.39 is 12.2 Å². The first-order valence-electron chi connectivity index (χ1n) is 9.19. The topological polar surface area (TPSA) is 73.9 Å². The highest BCUT2D eigenvalue weighted by molar-refractivity contribution is 6.03. The van der Waals surface area contributed by atoms with Gasteiger partial charge in [-0.1, -0.05) is 60.7 Å². The van der Waals surface area contributed by atoms with Crippen LogP contribution in [0, 0.1) is 0 Å². The molecule has 0 fully saturated rings. The molecule has 30 heavy (non-hydrogen) atoms. The summed E-state index contributed by atoms with van der Waals surface area (Å²) >= 11 is 0. The van der Waals surface area contributed by atoms with Crippen molar-refractivity contribution < 1.29 is 23.8 Å². The SMILES string of the molecule is O=C(Nc1cccc2c(OC(=O)Oc3ccccc3)cccc12)Oc1ccccc1. The third-order valence-electron chi connectivity index (χ3n) is 4.21. The van der Waals surface area contributed by atoms with Gasteiger partial charge in [0.05, 0.1) is 5.69 Å². The maximum atomic E-state index is 12.3. The lowest BCUT2D eigenvalue weighted by Crippen LogP contribution is -2.17. The quantitative estimate of drug-likeness (QED) is 0.335. The standard InChI is InChI=1S/C24H17NO5/c26-23(28-17-9-3-1-4-10-17)25-21-15-7-14-20-19(21)13-8-16-22(20)30-24(27)29-18-11-5-2-6-12-18/h1-16H,(H,25,26). The zero-order valence-corrected chi connectivity index (χ0v) is 15.8. The number of anilines is 1. The summed E-state index contributed by atoms with van der Waals surface area (Å²) in [7, 11) is 0. The summed E-state index contributed by atoms with van der Waals surface area (Å²) in [5, 5.41) is 4.05. The van der Waals surface area contributed by atoms with Crippen molar-refractivity contribution in [3.8, 4) is 17.2 Å². The lowest BCUT2D eigenvalue weighted by molar-refractivity contribution is 0.152. The highest BCUT2D eigenvalue weighted by atomic mass is 16.7. The molecule has 4 rings (SSSR count). The Morgan fingerprint density at radius 3 is 1.87 bits per heavy atom. The molecule has 148 valence electrons. The number of carbonyl (C=O) groups excluding carboxylic acids is 2. The largest absolute Gasteiger partial charge is 0.519 e. The molecular weight excluding hydrogens is 382 g/mol. The molecule has 0 saturated carbocycles. The average molecular weight is 399 g/mol. The van der Waals surface area contributed by atoms with E-state index in [0.29, 0.717) is 33.7 Å². The van der Waals surface area contributed by atoms with Crippen molar-refractivity contribution in [2.45, 2.75) is 0 Å². The number of nitrogens with one attached hydrogen (secondary N) is 1. The lowest BCUT2D eigenvalue weighted by Gasteiger charge is -2.12. The van der Waals surface area contributed by atoms with Crippen molar-refractivity contribution in [1.82, 2.24) is 0 Å². The molecule has 1 N–H and O–H groups in total. The first-order valence-corrected chi connectivity index (χ1v) is 9.19. The molecule has 0 aliphatic heterocycles. The Morgan fingerprint density at radius 1 is 0.567 bits per heavy atom. The number of para-hydroxylation sites is 2. The monoisotopic (exact) mass is 399 g/mol. The fourth-order valence-corrected chi connectivity index (χ4v) is 2.91. The van der Waals surface area contributed by atoms with Crippen LogP contribution in [0.1, 0.15) is 0 Å². The Balaban J connectivity index is 1.52. The number of amides is 1. The number of hydrogen-bond donors (Lipinski definition) is 1. The fraction of sp³-hybridized carbons (Fsp3) is 0. The fourth-order valence-electron chi connectivity index (χ4n) is 2.91. The van der Waals surface area contributed by atoms with Crippen LogP contribution in [-0.4, -0.2) is 12.2 Å². The molecule has 0 aliphatic rings. The van der Waals surface area contributed by atoms with Crippen LogP contribution < -0.4 is 19.5 Å². The smallest absolute Gasteiger partial charge is 0.410 e. The lowest BCUT2D eigenvalue weighted by atomic mass is 10.1. The summed E-state index contributed by atoms with van der Waals surface area (Å²) in [6.45, 7) is 0. The first kappa shape index (κ1) is 19.0. The van der Waals surface area contributed by atoms with E-state index in [4.69, 9.17) is 14.2 Å². The molecule has 0 aromatic heterocycles. The van der Waals surface area contributed by atoms with E-state index >= 15 is 0 Å². The predicted molar refractivity (Wildman–Crippen MR) is 113 cm³/mol. The maximum absolute atomic E-state index is 12.3. The third-order valence-corrected chi connectivity index (χ3v) is 4.21. The molecule has 0 atom stereocenters. The summed E-state index contributed by atoms with van der Waals surface area (Å²) in [6, 6.07) is 27.9. The molecule has 6 nitrogen and oxygen atoms in total. The molecule has 0 heterocycles. The number of rotatable bonds is 4. The van der Waals surface area contributed by atoms with Crippen molar-refractivity contribution in [3.05, 3.63) is 97.1 Å². The van der Waals surface area contributed by atoms with Crippen molar-refractivity contribution >= 4 is 28.7 Å². The van der Waals surface area contributed by atoms with Crippen LogP contribution in [-0.2, 0) is 0 Å². The van der Waals surface area contributed by atoms with E-state index in [0.717, 1.165) is 0 Å². The van der Waals surface area contributed by atoms with Crippen LogP contribution in [0.25, 0.3) is 10.8 Å². The van der Waals surface area contributed by atoms with E-state index in [1.807, 2.05) is 18.2 Å². The molecular formula is C24H17NO5. The Bertz CT molecular complexity index is 1080. The minimum absolute atomic E-state index is 0.313. The van der Waals surface area contributed by atoms with Crippen molar-refractivity contribution in [2.75, 3.05) is 5.32 Å². The summed E-state index contributed by atoms with van der Waals surface area (Å²) in [6.07, 6.45) is -1.47. The van der Waals surface area contributed by atoms with Crippen molar-refractivity contribution in [3.63, 3.8) is 0 Å². The van der Waals surface area contributed by atoms with Gasteiger partial charge in [0.1, 0.15) is 17.2 Å². The number of hydrogen-bond acceptors (Lipinski definition) is 5. The Labute approximate surface area is 172 Å². The minimum Gasteiger partial charge on any atom is -0.410 e. The number of benzene rings is 4. The van der Waals surface area contributed by atoms with Gasteiger partial charge in [0.15, 0.2) is 0 Å². The van der Waals surface area contributed by atoms with Gasteiger partial charge in [0, 0.05) is 10.8 Å². The van der Waals surface area contributed by atoms with E-state index in [9.17, 15) is 9.59 Å². The molecule has 4 aromatic rings. The molecule has 6 heteroatoms. The van der Waals surface area contributed by atoms with E-state index in [1.54, 1.807) is 78.9 Å². The number of ether oxygens (including phenoxy) is 3. The van der Waals surface area contributed by atoms with Crippen LogP contribution in [0.15, 0.2) is 97.1 Å². The van der Waals surface area contributed by atoms with Crippen LogP contribution in [0.5, 0.6) is 17.2 Å². The van der Waals surface area contributed by atoms with Gasteiger partial charge in [0.2, 0.25) is 0 Å². The zero-order chi connectivity index (χ0) is 20.8. The zero-order valence-electron chi connectivity index (χ0n) is 15.8. The van der Waals surface area contributed by atoms with Gasteiger partial charge in [-0.2, -0.15) is 0 Å². The van der Waals surface area contributed by atoms with Gasteiger partial charge in [-0.25, -0.2) is 9.59 Å². The first-order chi connectivity index (χ1) is 14.7. The molecule has 0 saturated heterocycles. The molecule has 0 bridgehead atoms. The van der Waals surface area contributed by atoms with Gasteiger partial charge >= 0.3 is 12.2 Å². The minimum atomic E-state index is -0.851. The normalized spacial score (nSPS) is 10.3. The molecule has 1 amide bonds. The Morgan fingerprint density at radius 2 is 1.17 bits per heavy atom. The summed E-state index contributed by atoms with van der Waals surface area (Å²) in [5.41, 5.74) is 0.523. The molecule has 0 spiro atoms. The number of fused-ring (bicyclic) bond motifs is 1. The highest BCUT2D eigenvalue weighted by Crippen LogP contribution is 2.31. The van der Waals surface area contributed by atoms with Crippen LogP contribution in [0.2, 0.25) is 0 Å². The molecule has 4 aromatic carbocycles. The predicted octanol–water partition coefficient (Wildman–Crippen LogP) is 6.03. The molecule has 0 unspecified atom stereocenters. The van der Waals surface area contributed by atoms with E-state index in [1.165, 1.54) is 0 Å². The van der Waals surface area contributed by atoms with Gasteiger partial charge in [-0.3, -0.25) is 5.32 Å². The van der Waals surface area contributed by atoms with E-state index in [-0.39, 0.29) is 0 Å². The maximum Gasteiger partial charge on any atom is 0.519 e. The van der Waals surface area contributed by atoms with Crippen LogP contribution in [0.3, 0.4) is 0 Å².